The number of sulfonamides is 1. The molecular weight excluding hydrogens is 476 g/mol. The van der Waals surface area contributed by atoms with Gasteiger partial charge in [-0.1, -0.05) is 18.2 Å². The Hall–Kier alpha value is -3.63. The van der Waals surface area contributed by atoms with Gasteiger partial charge in [0.25, 0.3) is 0 Å². The van der Waals surface area contributed by atoms with Crippen LogP contribution >= 0.6 is 0 Å². The molecule has 0 aliphatic carbocycles. The van der Waals surface area contributed by atoms with Gasteiger partial charge in [0.2, 0.25) is 16.0 Å². The van der Waals surface area contributed by atoms with Gasteiger partial charge < -0.3 is 10.1 Å². The number of anilines is 3. The van der Waals surface area contributed by atoms with E-state index in [0.29, 0.717) is 17.7 Å². The lowest BCUT2D eigenvalue weighted by molar-refractivity contribution is 0.227. The molecule has 10 heteroatoms. The minimum Gasteiger partial charge on any atom is -0.495 e. The van der Waals surface area contributed by atoms with Crippen molar-refractivity contribution in [3.8, 4) is 17.0 Å². The molecule has 0 saturated carbocycles. The van der Waals surface area contributed by atoms with Crippen molar-refractivity contribution in [1.29, 1.82) is 0 Å². The molecule has 1 aliphatic rings. The Morgan fingerprint density at radius 2 is 1.81 bits per heavy atom. The van der Waals surface area contributed by atoms with Gasteiger partial charge in [0.15, 0.2) is 0 Å². The van der Waals surface area contributed by atoms with Crippen LogP contribution in [0.25, 0.3) is 16.8 Å². The van der Waals surface area contributed by atoms with E-state index in [1.165, 1.54) is 21.7 Å². The van der Waals surface area contributed by atoms with Crippen LogP contribution in [0, 0.1) is 0 Å². The summed E-state index contributed by atoms with van der Waals surface area (Å²) in [6.07, 6.45) is 2.93. The molecule has 1 N–H and O–H groups in total. The smallest absolute Gasteiger partial charge is 0.245 e. The number of nitrogens with one attached hydrogen (secondary N) is 1. The van der Waals surface area contributed by atoms with E-state index in [0.717, 1.165) is 41.3 Å². The van der Waals surface area contributed by atoms with Crippen molar-refractivity contribution in [3.63, 3.8) is 0 Å². The van der Waals surface area contributed by atoms with Gasteiger partial charge in [-0.25, -0.2) is 17.9 Å². The number of benzene rings is 2. The van der Waals surface area contributed by atoms with Crippen LogP contribution in [0.2, 0.25) is 0 Å². The molecule has 0 unspecified atom stereocenters. The predicted molar refractivity (Wildman–Crippen MR) is 142 cm³/mol. The Labute approximate surface area is 211 Å². The first-order chi connectivity index (χ1) is 17.2. The predicted octanol–water partition coefficient (Wildman–Crippen LogP) is 4.27. The summed E-state index contributed by atoms with van der Waals surface area (Å²) in [5, 5.41) is 8.07. The number of hydrogen-bond donors (Lipinski definition) is 1. The number of methoxy groups -OCH3 is 1. The van der Waals surface area contributed by atoms with Crippen LogP contribution < -0.4 is 14.4 Å². The summed E-state index contributed by atoms with van der Waals surface area (Å²) in [5.74, 6) is 1.14. The first-order valence-electron chi connectivity index (χ1n) is 11.7. The van der Waals surface area contributed by atoms with Gasteiger partial charge in [-0.2, -0.15) is 0 Å². The van der Waals surface area contributed by atoms with Crippen molar-refractivity contribution in [2.45, 2.75) is 33.0 Å². The fraction of sp³-hybridized carbons (Fsp3) is 0.308. The minimum atomic E-state index is -3.43. The van der Waals surface area contributed by atoms with E-state index in [1.807, 2.05) is 30.3 Å². The van der Waals surface area contributed by atoms with Crippen LogP contribution in [0.1, 0.15) is 25.0 Å². The SMILES string of the molecule is COc1cc2c(cc1Nc1ncc3ccc(-c4ccccc4N(C)S(C)(=O)=O)n3n1)CN(C(C)C)C2. The summed E-state index contributed by atoms with van der Waals surface area (Å²) in [7, 11) is -0.226. The molecule has 5 rings (SSSR count). The first-order valence-corrected chi connectivity index (χ1v) is 13.6. The molecule has 0 spiro atoms. The molecule has 0 radical (unpaired) electrons. The van der Waals surface area contributed by atoms with Gasteiger partial charge in [0.1, 0.15) is 5.75 Å². The Morgan fingerprint density at radius 3 is 2.50 bits per heavy atom. The van der Waals surface area contributed by atoms with Gasteiger partial charge >= 0.3 is 0 Å². The molecule has 0 amide bonds. The third kappa shape index (κ3) is 4.38. The van der Waals surface area contributed by atoms with E-state index < -0.39 is 10.0 Å². The number of para-hydroxylation sites is 1. The fourth-order valence-corrected chi connectivity index (χ4v) is 5.03. The zero-order valence-corrected chi connectivity index (χ0v) is 21.9. The summed E-state index contributed by atoms with van der Waals surface area (Å²) < 4.78 is 33.2. The summed E-state index contributed by atoms with van der Waals surface area (Å²) >= 11 is 0. The Morgan fingerprint density at radius 1 is 1.08 bits per heavy atom. The second kappa shape index (κ2) is 9.11. The monoisotopic (exact) mass is 506 g/mol. The van der Waals surface area contributed by atoms with Crippen molar-refractivity contribution >= 4 is 32.9 Å². The highest BCUT2D eigenvalue weighted by Crippen LogP contribution is 2.36. The standard InChI is InChI=1S/C26H30N6O3S/c1-17(2)31-15-18-12-22(25(35-4)13-19(18)16-31)28-26-27-14-20-10-11-24(32(20)29-26)21-8-6-7-9-23(21)30(3)36(5,33)34/h6-14,17H,15-16H2,1-5H3,(H,28,29). The van der Waals surface area contributed by atoms with Crippen molar-refractivity contribution in [2.24, 2.45) is 0 Å². The molecule has 0 saturated heterocycles. The molecule has 0 bridgehead atoms. The number of fused-ring (bicyclic) bond motifs is 2. The minimum absolute atomic E-state index is 0.408. The molecule has 0 atom stereocenters. The van der Waals surface area contributed by atoms with Gasteiger partial charge in [-0.3, -0.25) is 9.21 Å². The van der Waals surface area contributed by atoms with Gasteiger partial charge in [0.05, 0.1) is 42.1 Å². The second-order valence-corrected chi connectivity index (χ2v) is 11.3. The molecule has 36 heavy (non-hydrogen) atoms. The Kier molecular flexibility index (Phi) is 6.09. The third-order valence-corrected chi connectivity index (χ3v) is 7.85. The molecule has 2 aromatic heterocycles. The summed E-state index contributed by atoms with van der Waals surface area (Å²) in [5.41, 5.74) is 6.19. The number of rotatable bonds is 7. The van der Waals surface area contributed by atoms with Crippen molar-refractivity contribution in [3.05, 3.63) is 65.9 Å². The first kappa shape index (κ1) is 24.1. The van der Waals surface area contributed by atoms with Gasteiger partial charge in [-0.05, 0) is 55.3 Å². The van der Waals surface area contributed by atoms with E-state index in [2.05, 4.69) is 41.2 Å². The van der Waals surface area contributed by atoms with E-state index in [9.17, 15) is 8.42 Å². The summed E-state index contributed by atoms with van der Waals surface area (Å²) in [4.78, 5) is 6.91. The highest BCUT2D eigenvalue weighted by molar-refractivity contribution is 7.92. The lowest BCUT2D eigenvalue weighted by Crippen LogP contribution is -2.25. The molecular formula is C26H30N6O3S. The Balaban J connectivity index is 1.53. The van der Waals surface area contributed by atoms with Crippen molar-refractivity contribution < 1.29 is 13.2 Å². The van der Waals surface area contributed by atoms with E-state index in [-0.39, 0.29) is 0 Å². The summed E-state index contributed by atoms with van der Waals surface area (Å²) in [6, 6.07) is 15.8. The highest BCUT2D eigenvalue weighted by atomic mass is 32.2. The Bertz CT molecular complexity index is 1550. The van der Waals surface area contributed by atoms with Crippen molar-refractivity contribution in [1.82, 2.24) is 19.5 Å². The van der Waals surface area contributed by atoms with Gasteiger partial charge in [0, 0.05) is 31.7 Å². The quantitative estimate of drug-likeness (QED) is 0.400. The third-order valence-electron chi connectivity index (χ3n) is 6.66. The lowest BCUT2D eigenvalue weighted by atomic mass is 10.1. The van der Waals surface area contributed by atoms with Crippen LogP contribution in [0.15, 0.2) is 54.7 Å². The zero-order chi connectivity index (χ0) is 25.6. The number of aromatic nitrogens is 3. The fourth-order valence-electron chi connectivity index (χ4n) is 4.51. The molecule has 0 fully saturated rings. The molecule has 1 aliphatic heterocycles. The van der Waals surface area contributed by atoms with E-state index in [1.54, 1.807) is 30.9 Å². The maximum absolute atomic E-state index is 12.2. The largest absolute Gasteiger partial charge is 0.495 e. The number of nitrogens with zero attached hydrogens (tertiary/aromatic N) is 5. The molecule has 188 valence electrons. The average Bonchev–Trinajstić information content (AvgIpc) is 3.46. The van der Waals surface area contributed by atoms with Crippen LogP contribution in [-0.4, -0.2) is 54.4 Å². The molecule has 9 nitrogen and oxygen atoms in total. The normalized spacial score (nSPS) is 13.8. The lowest BCUT2D eigenvalue weighted by Gasteiger charge is -2.20. The maximum atomic E-state index is 12.2. The summed E-state index contributed by atoms with van der Waals surface area (Å²) in [6.45, 7) is 6.19. The van der Waals surface area contributed by atoms with Crippen LogP contribution in [0.4, 0.5) is 17.3 Å². The van der Waals surface area contributed by atoms with E-state index in [4.69, 9.17) is 9.84 Å². The molecule has 2 aromatic carbocycles. The van der Waals surface area contributed by atoms with E-state index >= 15 is 0 Å². The van der Waals surface area contributed by atoms with Gasteiger partial charge in [-0.15, -0.1) is 5.10 Å². The molecule has 3 heterocycles. The topological polar surface area (TPSA) is 92.1 Å². The van der Waals surface area contributed by atoms with Crippen LogP contribution in [-0.2, 0) is 23.1 Å². The van der Waals surface area contributed by atoms with Crippen LogP contribution in [0.5, 0.6) is 5.75 Å². The number of hydrogen-bond acceptors (Lipinski definition) is 7. The maximum Gasteiger partial charge on any atom is 0.245 e. The van der Waals surface area contributed by atoms with Crippen molar-refractivity contribution in [2.75, 3.05) is 30.0 Å². The van der Waals surface area contributed by atoms with Crippen LogP contribution in [0.3, 0.4) is 0 Å². The highest BCUT2D eigenvalue weighted by Gasteiger charge is 2.24. The second-order valence-electron chi connectivity index (χ2n) is 9.33. The average molecular weight is 507 g/mol. The molecule has 4 aromatic rings. The zero-order valence-electron chi connectivity index (χ0n) is 21.1. The number of ether oxygens (including phenoxy) is 1.